The standard InChI is InChI=1S/C17H16ClN3O2/c1-2-12-6-8-13(9-7-12)16(11-19-23)20-21-17(22)14-4-3-5-15(18)10-14/h3-11,23H,2H2,1H3,(H,21,22). The zero-order valence-electron chi connectivity index (χ0n) is 12.5. The molecule has 1 amide bonds. The van der Waals surface area contributed by atoms with Gasteiger partial charge in [-0.25, -0.2) is 5.43 Å². The van der Waals surface area contributed by atoms with Crippen molar-refractivity contribution in [2.45, 2.75) is 13.3 Å². The van der Waals surface area contributed by atoms with Gasteiger partial charge in [0, 0.05) is 16.1 Å². The van der Waals surface area contributed by atoms with Gasteiger partial charge < -0.3 is 5.21 Å². The van der Waals surface area contributed by atoms with Gasteiger partial charge in [0.2, 0.25) is 0 Å². The number of benzene rings is 2. The minimum atomic E-state index is -0.401. The molecule has 2 rings (SSSR count). The van der Waals surface area contributed by atoms with Crippen LogP contribution in [0.1, 0.15) is 28.4 Å². The lowest BCUT2D eigenvalue weighted by atomic mass is 10.1. The summed E-state index contributed by atoms with van der Waals surface area (Å²) in [6, 6.07) is 14.1. The lowest BCUT2D eigenvalue weighted by molar-refractivity contribution is 0.0955. The van der Waals surface area contributed by atoms with Crippen LogP contribution in [-0.4, -0.2) is 23.0 Å². The molecule has 0 aliphatic rings. The number of nitrogens with zero attached hydrogens (tertiary/aromatic N) is 2. The third kappa shape index (κ3) is 4.66. The molecule has 6 heteroatoms. The summed E-state index contributed by atoms with van der Waals surface area (Å²) in [5, 5.41) is 16.2. The van der Waals surface area contributed by atoms with E-state index in [2.05, 4.69) is 22.6 Å². The number of amides is 1. The topological polar surface area (TPSA) is 74.1 Å². The molecule has 0 unspecified atom stereocenters. The third-order valence-corrected chi connectivity index (χ3v) is 3.44. The van der Waals surface area contributed by atoms with Gasteiger partial charge in [-0.05, 0) is 30.2 Å². The van der Waals surface area contributed by atoms with Crippen molar-refractivity contribution < 1.29 is 10.0 Å². The number of carbonyl (C=O) groups is 1. The zero-order valence-corrected chi connectivity index (χ0v) is 13.3. The molecule has 0 spiro atoms. The van der Waals surface area contributed by atoms with E-state index in [0.29, 0.717) is 16.3 Å². The predicted octanol–water partition coefficient (Wildman–Crippen LogP) is 3.50. The van der Waals surface area contributed by atoms with E-state index in [1.165, 1.54) is 11.8 Å². The summed E-state index contributed by atoms with van der Waals surface area (Å²) in [7, 11) is 0. The Hall–Kier alpha value is -2.66. The molecule has 2 aromatic carbocycles. The first-order valence-corrected chi connectivity index (χ1v) is 7.42. The highest BCUT2D eigenvalue weighted by Gasteiger charge is 2.07. The summed E-state index contributed by atoms with van der Waals surface area (Å²) >= 11 is 5.86. The van der Waals surface area contributed by atoms with Gasteiger partial charge in [-0.3, -0.25) is 4.79 Å². The van der Waals surface area contributed by atoms with E-state index in [9.17, 15) is 4.79 Å². The van der Waals surface area contributed by atoms with Gasteiger partial charge in [-0.1, -0.05) is 54.0 Å². The summed E-state index contributed by atoms with van der Waals surface area (Å²) in [4.78, 5) is 12.1. The number of aryl methyl sites for hydroxylation is 1. The number of hydrogen-bond acceptors (Lipinski definition) is 4. The molecular formula is C17H16ClN3O2. The van der Waals surface area contributed by atoms with Crippen LogP contribution in [0, 0.1) is 0 Å². The van der Waals surface area contributed by atoms with Crippen molar-refractivity contribution in [1.82, 2.24) is 5.43 Å². The van der Waals surface area contributed by atoms with Crippen molar-refractivity contribution in [3.63, 3.8) is 0 Å². The number of hydrazone groups is 1. The van der Waals surface area contributed by atoms with Crippen LogP contribution >= 0.6 is 11.6 Å². The fourth-order valence-electron chi connectivity index (χ4n) is 1.94. The molecule has 0 radical (unpaired) electrons. The van der Waals surface area contributed by atoms with Crippen LogP contribution in [0.3, 0.4) is 0 Å². The molecule has 0 aliphatic carbocycles. The fourth-order valence-corrected chi connectivity index (χ4v) is 2.13. The third-order valence-electron chi connectivity index (χ3n) is 3.20. The maximum absolute atomic E-state index is 12.1. The van der Waals surface area contributed by atoms with E-state index in [-0.39, 0.29) is 0 Å². The molecule has 0 fully saturated rings. The first kappa shape index (κ1) is 16.7. The number of carbonyl (C=O) groups excluding carboxylic acids is 1. The number of nitrogens with one attached hydrogen (secondary N) is 1. The SMILES string of the molecule is CCc1ccc(C(C=NO)=NNC(=O)c2cccc(Cl)c2)cc1. The Kier molecular flexibility index (Phi) is 5.88. The second-order valence-corrected chi connectivity index (χ2v) is 5.18. The van der Waals surface area contributed by atoms with E-state index >= 15 is 0 Å². The summed E-state index contributed by atoms with van der Waals surface area (Å²) in [5.41, 5.74) is 5.06. The van der Waals surface area contributed by atoms with Crippen molar-refractivity contribution in [3.8, 4) is 0 Å². The number of hydrogen-bond donors (Lipinski definition) is 2. The molecule has 23 heavy (non-hydrogen) atoms. The molecule has 5 nitrogen and oxygen atoms in total. The van der Waals surface area contributed by atoms with Gasteiger partial charge in [0.05, 0.1) is 6.21 Å². The first-order chi connectivity index (χ1) is 11.1. The average molecular weight is 330 g/mol. The summed E-state index contributed by atoms with van der Waals surface area (Å²) in [5.74, 6) is -0.401. The van der Waals surface area contributed by atoms with Crippen LogP contribution in [0.4, 0.5) is 0 Å². The lowest BCUT2D eigenvalue weighted by Crippen LogP contribution is -2.20. The molecule has 0 atom stereocenters. The first-order valence-electron chi connectivity index (χ1n) is 7.04. The van der Waals surface area contributed by atoms with Crippen LogP contribution < -0.4 is 5.43 Å². The molecule has 118 valence electrons. The monoisotopic (exact) mass is 329 g/mol. The van der Waals surface area contributed by atoms with Gasteiger partial charge in [0.15, 0.2) is 0 Å². The van der Waals surface area contributed by atoms with E-state index in [0.717, 1.165) is 12.0 Å². The van der Waals surface area contributed by atoms with Gasteiger partial charge in [-0.2, -0.15) is 5.10 Å². The summed E-state index contributed by atoms with van der Waals surface area (Å²) in [6.07, 6.45) is 2.09. The highest BCUT2D eigenvalue weighted by Crippen LogP contribution is 2.10. The Bertz CT molecular complexity index is 740. The lowest BCUT2D eigenvalue weighted by Gasteiger charge is -2.04. The van der Waals surface area contributed by atoms with Gasteiger partial charge in [0.1, 0.15) is 5.71 Å². The van der Waals surface area contributed by atoms with Crippen molar-refractivity contribution in [2.75, 3.05) is 0 Å². The number of halogens is 1. The Balaban J connectivity index is 2.19. The molecule has 2 aromatic rings. The summed E-state index contributed by atoms with van der Waals surface area (Å²) in [6.45, 7) is 2.06. The van der Waals surface area contributed by atoms with Crippen molar-refractivity contribution in [2.24, 2.45) is 10.3 Å². The summed E-state index contributed by atoms with van der Waals surface area (Å²) < 4.78 is 0. The van der Waals surface area contributed by atoms with E-state index in [1.54, 1.807) is 24.3 Å². The average Bonchev–Trinajstić information content (AvgIpc) is 2.58. The van der Waals surface area contributed by atoms with Crippen molar-refractivity contribution in [3.05, 3.63) is 70.2 Å². The van der Waals surface area contributed by atoms with E-state index in [1.807, 2.05) is 24.3 Å². The normalized spacial score (nSPS) is 11.7. The Morgan fingerprint density at radius 1 is 1.22 bits per heavy atom. The Labute approximate surface area is 139 Å². The smallest absolute Gasteiger partial charge is 0.271 e. The minimum Gasteiger partial charge on any atom is -0.411 e. The Morgan fingerprint density at radius 2 is 1.96 bits per heavy atom. The van der Waals surface area contributed by atoms with Gasteiger partial charge >= 0.3 is 0 Å². The molecule has 0 bridgehead atoms. The molecule has 0 heterocycles. The molecular weight excluding hydrogens is 314 g/mol. The largest absolute Gasteiger partial charge is 0.411 e. The number of rotatable bonds is 5. The van der Waals surface area contributed by atoms with E-state index < -0.39 is 5.91 Å². The molecule has 2 N–H and O–H groups in total. The molecule has 0 aromatic heterocycles. The molecule has 0 aliphatic heterocycles. The van der Waals surface area contributed by atoms with Gasteiger partial charge in [0.25, 0.3) is 5.91 Å². The highest BCUT2D eigenvalue weighted by atomic mass is 35.5. The van der Waals surface area contributed by atoms with Gasteiger partial charge in [-0.15, -0.1) is 0 Å². The molecule has 0 saturated heterocycles. The predicted molar refractivity (Wildman–Crippen MR) is 91.6 cm³/mol. The highest BCUT2D eigenvalue weighted by molar-refractivity contribution is 6.38. The van der Waals surface area contributed by atoms with Crippen molar-refractivity contribution >= 4 is 29.4 Å². The van der Waals surface area contributed by atoms with Crippen LogP contribution in [0.5, 0.6) is 0 Å². The maximum atomic E-state index is 12.1. The van der Waals surface area contributed by atoms with Crippen molar-refractivity contribution in [1.29, 1.82) is 0 Å². The molecule has 0 saturated carbocycles. The minimum absolute atomic E-state index is 0.338. The van der Waals surface area contributed by atoms with Crippen LogP contribution in [0.15, 0.2) is 58.8 Å². The second kappa shape index (κ2) is 8.10. The quantitative estimate of drug-likeness (QED) is 0.500. The van der Waals surface area contributed by atoms with Crippen LogP contribution in [-0.2, 0) is 6.42 Å². The fraction of sp³-hybridized carbons (Fsp3) is 0.118. The zero-order chi connectivity index (χ0) is 16.7. The van der Waals surface area contributed by atoms with Crippen LogP contribution in [0.25, 0.3) is 0 Å². The number of oxime groups is 1. The Morgan fingerprint density at radius 3 is 2.57 bits per heavy atom. The second-order valence-electron chi connectivity index (χ2n) is 4.74. The van der Waals surface area contributed by atoms with Crippen LogP contribution in [0.2, 0.25) is 5.02 Å². The maximum Gasteiger partial charge on any atom is 0.271 e. The van der Waals surface area contributed by atoms with E-state index in [4.69, 9.17) is 16.8 Å².